The highest BCUT2D eigenvalue weighted by atomic mass is 16.6. The number of rotatable bonds is 3. The van der Waals surface area contributed by atoms with E-state index in [0.29, 0.717) is 0 Å². The Morgan fingerprint density at radius 3 is 2.95 bits per heavy atom. The van der Waals surface area contributed by atoms with Crippen LogP contribution in [0.2, 0.25) is 0 Å². The van der Waals surface area contributed by atoms with E-state index in [1.165, 1.54) is 12.1 Å². The van der Waals surface area contributed by atoms with Crippen molar-refractivity contribution in [1.82, 2.24) is 4.98 Å². The number of nitrogens with zero attached hydrogens (tertiary/aromatic N) is 3. The Balaban J connectivity index is 2.13. The molecule has 1 aromatic heterocycles. The van der Waals surface area contributed by atoms with Crippen molar-refractivity contribution in [2.75, 3.05) is 0 Å². The van der Waals surface area contributed by atoms with E-state index in [0.717, 1.165) is 25.7 Å². The molecule has 0 radical (unpaired) electrons. The summed E-state index contributed by atoms with van der Waals surface area (Å²) in [6, 6.07) is 4.48. The Kier molecular flexibility index (Phi) is 3.92. The molecule has 0 saturated heterocycles. The normalized spacial score (nSPS) is 22.5. The van der Waals surface area contributed by atoms with Crippen LogP contribution in [0.15, 0.2) is 12.1 Å². The first-order valence-electron chi connectivity index (χ1n) is 6.08. The molecule has 7 heteroatoms. The Labute approximate surface area is 110 Å². The average Bonchev–Trinajstić information content (AvgIpc) is 2.38. The number of aromatic nitrogens is 1. The molecule has 19 heavy (non-hydrogen) atoms. The predicted octanol–water partition coefficient (Wildman–Crippen LogP) is 1.51. The maximum absolute atomic E-state index is 10.7. The summed E-state index contributed by atoms with van der Waals surface area (Å²) in [5, 5.41) is 19.5. The topological polar surface area (TPSA) is 115 Å². The third kappa shape index (κ3) is 3.17. The smallest absolute Gasteiger partial charge is 0.305 e. The minimum atomic E-state index is -0.633. The highest BCUT2D eigenvalue weighted by Crippen LogP contribution is 2.24. The van der Waals surface area contributed by atoms with Gasteiger partial charge in [-0.25, -0.2) is 0 Å². The highest BCUT2D eigenvalue weighted by Gasteiger charge is 2.22. The van der Waals surface area contributed by atoms with Crippen LogP contribution in [0.4, 0.5) is 5.69 Å². The molecule has 1 aromatic rings. The summed E-state index contributed by atoms with van der Waals surface area (Å²) in [4.78, 5) is 13.9. The van der Waals surface area contributed by atoms with E-state index in [1.807, 2.05) is 0 Å². The van der Waals surface area contributed by atoms with E-state index >= 15 is 0 Å². The van der Waals surface area contributed by atoms with E-state index in [9.17, 15) is 10.1 Å². The van der Waals surface area contributed by atoms with Crippen molar-refractivity contribution in [3.63, 3.8) is 0 Å². The van der Waals surface area contributed by atoms with Gasteiger partial charge in [-0.05, 0) is 25.7 Å². The third-order valence-electron chi connectivity index (χ3n) is 3.11. The van der Waals surface area contributed by atoms with Crippen LogP contribution in [0.5, 0.6) is 5.88 Å². The zero-order valence-electron chi connectivity index (χ0n) is 10.3. The molecule has 1 heterocycles. The van der Waals surface area contributed by atoms with Gasteiger partial charge in [0.05, 0.1) is 4.92 Å². The molecule has 2 N–H and O–H groups in total. The molecule has 0 bridgehead atoms. The molecule has 1 aliphatic carbocycles. The Morgan fingerprint density at radius 1 is 1.53 bits per heavy atom. The van der Waals surface area contributed by atoms with Gasteiger partial charge in [0.15, 0.2) is 0 Å². The minimum absolute atomic E-state index is 0.0377. The first-order valence-corrected chi connectivity index (χ1v) is 6.08. The van der Waals surface area contributed by atoms with Crippen molar-refractivity contribution in [2.45, 2.75) is 37.8 Å². The molecule has 0 amide bonds. The van der Waals surface area contributed by atoms with Crippen molar-refractivity contribution in [3.8, 4) is 11.9 Å². The average molecular weight is 262 g/mol. The molecule has 1 fully saturated rings. The van der Waals surface area contributed by atoms with Gasteiger partial charge in [-0.2, -0.15) is 10.2 Å². The summed E-state index contributed by atoms with van der Waals surface area (Å²) in [5.41, 5.74) is 5.31. The second kappa shape index (κ2) is 5.63. The second-order valence-corrected chi connectivity index (χ2v) is 4.55. The first kappa shape index (κ1) is 13.2. The van der Waals surface area contributed by atoms with Gasteiger partial charge < -0.3 is 10.5 Å². The van der Waals surface area contributed by atoms with E-state index in [-0.39, 0.29) is 29.4 Å². The van der Waals surface area contributed by atoms with E-state index < -0.39 is 4.92 Å². The lowest BCUT2D eigenvalue weighted by Crippen LogP contribution is -2.33. The molecule has 1 aliphatic rings. The van der Waals surface area contributed by atoms with Gasteiger partial charge in [0.1, 0.15) is 12.2 Å². The summed E-state index contributed by atoms with van der Waals surface area (Å²) < 4.78 is 5.64. The lowest BCUT2D eigenvalue weighted by atomic mass is 9.94. The Hall–Kier alpha value is -2.20. The van der Waals surface area contributed by atoms with Crippen molar-refractivity contribution in [3.05, 3.63) is 27.9 Å². The summed E-state index contributed by atoms with van der Waals surface area (Å²) in [6.45, 7) is 0. The van der Waals surface area contributed by atoms with Crippen molar-refractivity contribution >= 4 is 5.69 Å². The van der Waals surface area contributed by atoms with E-state index in [1.54, 1.807) is 6.07 Å². The molecule has 0 spiro atoms. The summed E-state index contributed by atoms with van der Waals surface area (Å²) in [6.07, 6.45) is 3.56. The highest BCUT2D eigenvalue weighted by molar-refractivity contribution is 5.45. The van der Waals surface area contributed by atoms with Crippen molar-refractivity contribution in [1.29, 1.82) is 5.26 Å². The number of hydrogen-bond donors (Lipinski definition) is 1. The van der Waals surface area contributed by atoms with Crippen molar-refractivity contribution in [2.24, 2.45) is 5.73 Å². The fourth-order valence-electron chi connectivity index (χ4n) is 2.19. The lowest BCUT2D eigenvalue weighted by Gasteiger charge is -2.26. The number of ether oxygens (including phenoxy) is 1. The number of hydrogen-bond acceptors (Lipinski definition) is 6. The zero-order valence-corrected chi connectivity index (χ0v) is 10.3. The van der Waals surface area contributed by atoms with E-state index in [2.05, 4.69) is 4.98 Å². The second-order valence-electron chi connectivity index (χ2n) is 4.55. The number of pyridine rings is 1. The van der Waals surface area contributed by atoms with E-state index in [4.69, 9.17) is 15.7 Å². The van der Waals surface area contributed by atoms with Gasteiger partial charge in [0, 0.05) is 18.2 Å². The number of nitrogens with two attached hydrogens (primary N) is 1. The summed E-state index contributed by atoms with van der Waals surface area (Å²) >= 11 is 0. The van der Waals surface area contributed by atoms with Gasteiger partial charge in [-0.3, -0.25) is 10.1 Å². The first-order chi connectivity index (χ1) is 9.10. The third-order valence-corrected chi connectivity index (χ3v) is 3.11. The predicted molar refractivity (Wildman–Crippen MR) is 66.5 cm³/mol. The molecule has 2 unspecified atom stereocenters. The van der Waals surface area contributed by atoms with Gasteiger partial charge in [0.2, 0.25) is 11.6 Å². The van der Waals surface area contributed by atoms with Crippen molar-refractivity contribution < 1.29 is 9.66 Å². The maximum atomic E-state index is 10.7. The molecule has 1 saturated carbocycles. The van der Waals surface area contributed by atoms with Gasteiger partial charge >= 0.3 is 5.69 Å². The van der Waals surface area contributed by atoms with Crippen LogP contribution >= 0.6 is 0 Å². The van der Waals surface area contributed by atoms with Crippen LogP contribution in [-0.4, -0.2) is 22.1 Å². The lowest BCUT2D eigenvalue weighted by molar-refractivity contribution is -0.385. The fraction of sp³-hybridized carbons (Fsp3) is 0.500. The molecular formula is C12H14N4O3. The van der Waals surface area contributed by atoms with Crippen LogP contribution in [0.3, 0.4) is 0 Å². The van der Waals surface area contributed by atoms with Crippen LogP contribution in [0.25, 0.3) is 0 Å². The molecule has 2 atom stereocenters. The quantitative estimate of drug-likeness (QED) is 0.652. The molecule has 7 nitrogen and oxygen atoms in total. The van der Waals surface area contributed by atoms with Gasteiger partial charge in [-0.15, -0.1) is 0 Å². The fourth-order valence-corrected chi connectivity index (χ4v) is 2.19. The number of nitro groups is 1. The molecular weight excluding hydrogens is 248 g/mol. The Bertz CT molecular complexity index is 526. The number of nitriles is 1. The van der Waals surface area contributed by atoms with Crippen LogP contribution in [-0.2, 0) is 0 Å². The zero-order chi connectivity index (χ0) is 13.8. The SMILES string of the molecule is N#Cc1nc(OC2CCCC(N)C2)ccc1[N+](=O)[O-]. The van der Waals surface area contributed by atoms with Gasteiger partial charge in [0.25, 0.3) is 0 Å². The van der Waals surface area contributed by atoms with Crippen LogP contribution in [0, 0.1) is 21.4 Å². The largest absolute Gasteiger partial charge is 0.474 e. The maximum Gasteiger partial charge on any atom is 0.305 e. The molecule has 2 rings (SSSR count). The molecule has 0 aliphatic heterocycles. The Morgan fingerprint density at radius 2 is 2.32 bits per heavy atom. The molecule has 0 aromatic carbocycles. The summed E-state index contributed by atoms with van der Waals surface area (Å²) in [7, 11) is 0. The van der Waals surface area contributed by atoms with Crippen LogP contribution in [0.1, 0.15) is 31.4 Å². The standard InChI is InChI=1S/C12H14N4O3/c13-7-10-11(16(17)18)4-5-12(15-10)19-9-3-1-2-8(14)6-9/h4-5,8-9H,1-3,6,14H2. The van der Waals surface area contributed by atoms with Gasteiger partial charge in [-0.1, -0.05) is 0 Å². The summed E-state index contributed by atoms with van der Waals surface area (Å²) in [5.74, 6) is 0.237. The monoisotopic (exact) mass is 262 g/mol. The van der Waals surface area contributed by atoms with Crippen LogP contribution < -0.4 is 10.5 Å². The minimum Gasteiger partial charge on any atom is -0.474 e. The molecule has 100 valence electrons.